The van der Waals surface area contributed by atoms with Crippen molar-refractivity contribution in [2.75, 3.05) is 18.7 Å². The van der Waals surface area contributed by atoms with E-state index < -0.39 is 22.0 Å². The van der Waals surface area contributed by atoms with Crippen molar-refractivity contribution in [3.05, 3.63) is 83.9 Å². The molecule has 0 bridgehead atoms. The molecule has 0 aliphatic carbocycles. The van der Waals surface area contributed by atoms with E-state index in [1.165, 1.54) is 11.4 Å². The van der Waals surface area contributed by atoms with Crippen molar-refractivity contribution >= 4 is 21.7 Å². The minimum absolute atomic E-state index is 0.0254. The molecule has 0 aliphatic heterocycles. The van der Waals surface area contributed by atoms with Crippen LogP contribution >= 0.6 is 0 Å². The standard InChI is InChI=1S/C22H26N4O4S/c1-30-22(27)21(12-17-8-4-3-5-9-17)26(31(2,28)29)15-18-10-6-7-11-20(18)24-14-19-13-23-16-25-19/h3-11,13,16,21,24H,12,14-15H2,1-2H3,(H,23,25). The molecule has 3 rings (SSSR count). The largest absolute Gasteiger partial charge is 0.468 e. The summed E-state index contributed by atoms with van der Waals surface area (Å²) in [6, 6.07) is 15.7. The maximum absolute atomic E-state index is 12.7. The first-order valence-corrected chi connectivity index (χ1v) is 11.6. The van der Waals surface area contributed by atoms with E-state index in [2.05, 4.69) is 15.3 Å². The third-order valence-electron chi connectivity index (χ3n) is 4.89. The lowest BCUT2D eigenvalue weighted by atomic mass is 10.1. The van der Waals surface area contributed by atoms with E-state index in [0.717, 1.165) is 28.8 Å². The number of hydrogen-bond donors (Lipinski definition) is 2. The lowest BCUT2D eigenvalue weighted by Gasteiger charge is -2.28. The molecule has 9 heteroatoms. The number of carbonyl (C=O) groups excluding carboxylic acids is 1. The zero-order chi connectivity index (χ0) is 22.3. The number of para-hydroxylation sites is 1. The first kappa shape index (κ1) is 22.5. The first-order chi connectivity index (χ1) is 14.9. The van der Waals surface area contributed by atoms with E-state index in [1.54, 1.807) is 12.5 Å². The number of hydrogen-bond acceptors (Lipinski definition) is 6. The van der Waals surface area contributed by atoms with Gasteiger partial charge >= 0.3 is 5.97 Å². The van der Waals surface area contributed by atoms with Crippen LogP contribution in [0.4, 0.5) is 5.69 Å². The Morgan fingerprint density at radius 3 is 2.52 bits per heavy atom. The molecule has 1 aromatic heterocycles. The molecule has 2 aromatic carbocycles. The van der Waals surface area contributed by atoms with E-state index in [-0.39, 0.29) is 13.0 Å². The van der Waals surface area contributed by atoms with Crippen LogP contribution in [0.2, 0.25) is 0 Å². The summed E-state index contributed by atoms with van der Waals surface area (Å²) in [6.45, 7) is 0.526. The number of esters is 1. The highest BCUT2D eigenvalue weighted by atomic mass is 32.2. The summed E-state index contributed by atoms with van der Waals surface area (Å²) in [5.74, 6) is -0.600. The Morgan fingerprint density at radius 2 is 1.87 bits per heavy atom. The van der Waals surface area contributed by atoms with Crippen LogP contribution in [-0.4, -0.2) is 48.1 Å². The van der Waals surface area contributed by atoms with Gasteiger partial charge in [0.2, 0.25) is 10.0 Å². The Kier molecular flexibility index (Phi) is 7.43. The van der Waals surface area contributed by atoms with Crippen molar-refractivity contribution in [1.82, 2.24) is 14.3 Å². The summed E-state index contributed by atoms with van der Waals surface area (Å²) >= 11 is 0. The zero-order valence-corrected chi connectivity index (χ0v) is 18.3. The highest BCUT2D eigenvalue weighted by Gasteiger charge is 2.34. The second-order valence-corrected chi connectivity index (χ2v) is 9.06. The van der Waals surface area contributed by atoms with Gasteiger partial charge in [-0.3, -0.25) is 4.79 Å². The highest BCUT2D eigenvalue weighted by molar-refractivity contribution is 7.88. The molecule has 0 amide bonds. The Morgan fingerprint density at radius 1 is 1.16 bits per heavy atom. The first-order valence-electron chi connectivity index (χ1n) is 9.76. The van der Waals surface area contributed by atoms with Gasteiger partial charge in [-0.15, -0.1) is 0 Å². The molecule has 0 aliphatic rings. The van der Waals surface area contributed by atoms with Crippen molar-refractivity contribution in [2.45, 2.75) is 25.6 Å². The third kappa shape index (κ3) is 6.16. The van der Waals surface area contributed by atoms with Crippen LogP contribution in [0.15, 0.2) is 67.1 Å². The summed E-state index contributed by atoms with van der Waals surface area (Å²) in [7, 11) is -2.46. The Hall–Kier alpha value is -3.17. The van der Waals surface area contributed by atoms with Gasteiger partial charge in [0, 0.05) is 18.4 Å². The van der Waals surface area contributed by atoms with E-state index in [4.69, 9.17) is 4.74 Å². The lowest BCUT2D eigenvalue weighted by Crippen LogP contribution is -2.46. The number of methoxy groups -OCH3 is 1. The number of sulfonamides is 1. The quantitative estimate of drug-likeness (QED) is 0.468. The number of carbonyl (C=O) groups is 1. The molecule has 8 nitrogen and oxygen atoms in total. The zero-order valence-electron chi connectivity index (χ0n) is 17.5. The van der Waals surface area contributed by atoms with Gasteiger partial charge in [0.05, 0.1) is 31.9 Å². The molecule has 2 N–H and O–H groups in total. The fourth-order valence-corrected chi connectivity index (χ4v) is 4.30. The van der Waals surface area contributed by atoms with Gasteiger partial charge < -0.3 is 15.0 Å². The predicted octanol–water partition coefficient (Wildman–Crippen LogP) is 2.57. The molecule has 0 radical (unpaired) electrons. The smallest absolute Gasteiger partial charge is 0.324 e. The van der Waals surface area contributed by atoms with Gasteiger partial charge in [0.15, 0.2) is 0 Å². The second-order valence-electron chi connectivity index (χ2n) is 7.12. The summed E-state index contributed by atoms with van der Waals surface area (Å²) in [5, 5.41) is 3.30. The van der Waals surface area contributed by atoms with Crippen molar-refractivity contribution in [1.29, 1.82) is 0 Å². The summed E-state index contributed by atoms with van der Waals surface area (Å²) in [5.41, 5.74) is 3.26. The molecule has 0 fully saturated rings. The normalized spacial score (nSPS) is 12.5. The molecule has 164 valence electrons. The number of aromatic amines is 1. The van der Waals surface area contributed by atoms with Gasteiger partial charge in [-0.2, -0.15) is 4.31 Å². The number of benzene rings is 2. The fraction of sp³-hybridized carbons (Fsp3) is 0.273. The summed E-state index contributed by atoms with van der Waals surface area (Å²) < 4.78 is 31.6. The monoisotopic (exact) mass is 442 g/mol. The molecule has 3 aromatic rings. The van der Waals surface area contributed by atoms with Crippen molar-refractivity contribution < 1.29 is 17.9 Å². The molecule has 0 saturated heterocycles. The topological polar surface area (TPSA) is 104 Å². The van der Waals surface area contributed by atoms with Crippen LogP contribution in [-0.2, 0) is 39.1 Å². The molecule has 1 heterocycles. The molecular weight excluding hydrogens is 416 g/mol. The molecule has 31 heavy (non-hydrogen) atoms. The third-order valence-corrected chi connectivity index (χ3v) is 6.12. The van der Waals surface area contributed by atoms with Crippen LogP contribution in [0.1, 0.15) is 16.8 Å². The predicted molar refractivity (Wildman–Crippen MR) is 119 cm³/mol. The molecular formula is C22H26N4O4S. The SMILES string of the molecule is COC(=O)C(Cc1ccccc1)N(Cc1ccccc1NCc1cnc[nH]1)S(C)(=O)=O. The number of anilines is 1. The number of nitrogens with one attached hydrogen (secondary N) is 2. The van der Waals surface area contributed by atoms with Crippen LogP contribution < -0.4 is 5.32 Å². The van der Waals surface area contributed by atoms with Gasteiger partial charge in [0.1, 0.15) is 6.04 Å². The highest BCUT2D eigenvalue weighted by Crippen LogP contribution is 2.23. The Bertz CT molecular complexity index is 1090. The Labute approximate surface area is 182 Å². The average Bonchev–Trinajstić information content (AvgIpc) is 3.28. The minimum atomic E-state index is -3.72. The number of H-pyrrole nitrogens is 1. The number of rotatable bonds is 10. The maximum atomic E-state index is 12.7. The van der Waals surface area contributed by atoms with E-state index in [0.29, 0.717) is 6.54 Å². The van der Waals surface area contributed by atoms with Gasteiger partial charge in [-0.05, 0) is 23.6 Å². The molecule has 0 saturated carbocycles. The molecule has 0 spiro atoms. The number of aromatic nitrogens is 2. The van der Waals surface area contributed by atoms with Crippen LogP contribution in [0, 0.1) is 0 Å². The van der Waals surface area contributed by atoms with Crippen molar-refractivity contribution in [3.8, 4) is 0 Å². The van der Waals surface area contributed by atoms with E-state index in [9.17, 15) is 13.2 Å². The van der Waals surface area contributed by atoms with Crippen molar-refractivity contribution in [2.24, 2.45) is 0 Å². The van der Waals surface area contributed by atoms with E-state index >= 15 is 0 Å². The molecule has 1 unspecified atom stereocenters. The number of imidazole rings is 1. The van der Waals surface area contributed by atoms with Crippen molar-refractivity contribution in [3.63, 3.8) is 0 Å². The minimum Gasteiger partial charge on any atom is -0.468 e. The maximum Gasteiger partial charge on any atom is 0.324 e. The fourth-order valence-electron chi connectivity index (χ4n) is 3.31. The summed E-state index contributed by atoms with van der Waals surface area (Å²) in [4.78, 5) is 19.6. The van der Waals surface area contributed by atoms with Crippen LogP contribution in [0.3, 0.4) is 0 Å². The van der Waals surface area contributed by atoms with Crippen LogP contribution in [0.5, 0.6) is 0 Å². The van der Waals surface area contributed by atoms with Gasteiger partial charge in [0.25, 0.3) is 0 Å². The molecule has 1 atom stereocenters. The lowest BCUT2D eigenvalue weighted by molar-refractivity contribution is -0.145. The summed E-state index contributed by atoms with van der Waals surface area (Å²) in [6.07, 6.45) is 4.63. The second kappa shape index (κ2) is 10.2. The number of nitrogens with zero attached hydrogens (tertiary/aromatic N) is 2. The van der Waals surface area contributed by atoms with Crippen LogP contribution in [0.25, 0.3) is 0 Å². The average molecular weight is 443 g/mol. The Balaban J connectivity index is 1.89. The van der Waals surface area contributed by atoms with Gasteiger partial charge in [-0.1, -0.05) is 48.5 Å². The van der Waals surface area contributed by atoms with Gasteiger partial charge in [-0.25, -0.2) is 13.4 Å². The van der Waals surface area contributed by atoms with E-state index in [1.807, 2.05) is 54.6 Å². The number of ether oxygens (including phenoxy) is 1.